The van der Waals surface area contributed by atoms with Crippen molar-refractivity contribution in [2.75, 3.05) is 5.75 Å². The van der Waals surface area contributed by atoms with Gasteiger partial charge in [-0.2, -0.15) is 11.8 Å². The first-order valence-corrected chi connectivity index (χ1v) is 6.75. The Morgan fingerprint density at radius 2 is 1.88 bits per heavy atom. The first-order valence-electron chi connectivity index (χ1n) is 5.60. The standard InChI is InChI=1S/C14H15NOS/c15-14(16)8-9-17-10-12-6-3-5-11-4-1-2-7-13(11)12/h1-7H,8-10H2,(H2,15,16). The summed E-state index contributed by atoms with van der Waals surface area (Å²) in [4.78, 5) is 10.6. The predicted molar refractivity (Wildman–Crippen MR) is 73.9 cm³/mol. The highest BCUT2D eigenvalue weighted by Crippen LogP contribution is 2.22. The maximum atomic E-state index is 10.6. The van der Waals surface area contributed by atoms with Gasteiger partial charge in [0.25, 0.3) is 0 Å². The van der Waals surface area contributed by atoms with Crippen molar-refractivity contribution in [2.45, 2.75) is 12.2 Å². The van der Waals surface area contributed by atoms with E-state index in [4.69, 9.17) is 5.73 Å². The van der Waals surface area contributed by atoms with Gasteiger partial charge in [0.05, 0.1) is 0 Å². The van der Waals surface area contributed by atoms with E-state index in [0.29, 0.717) is 6.42 Å². The number of thioether (sulfide) groups is 1. The summed E-state index contributed by atoms with van der Waals surface area (Å²) in [5, 5.41) is 2.56. The zero-order chi connectivity index (χ0) is 12.1. The first kappa shape index (κ1) is 12.0. The van der Waals surface area contributed by atoms with E-state index in [2.05, 4.69) is 36.4 Å². The van der Waals surface area contributed by atoms with Crippen molar-refractivity contribution < 1.29 is 4.79 Å². The molecule has 2 N–H and O–H groups in total. The lowest BCUT2D eigenvalue weighted by atomic mass is 10.1. The Kier molecular flexibility index (Phi) is 4.04. The zero-order valence-electron chi connectivity index (χ0n) is 9.56. The largest absolute Gasteiger partial charge is 0.370 e. The molecule has 0 unspecified atom stereocenters. The molecular formula is C14H15NOS. The number of benzene rings is 2. The highest BCUT2D eigenvalue weighted by atomic mass is 32.2. The van der Waals surface area contributed by atoms with Crippen LogP contribution >= 0.6 is 11.8 Å². The Labute approximate surface area is 105 Å². The Balaban J connectivity index is 2.05. The van der Waals surface area contributed by atoms with Crippen molar-refractivity contribution in [3.05, 3.63) is 48.0 Å². The fourth-order valence-corrected chi connectivity index (χ4v) is 2.73. The fourth-order valence-electron chi connectivity index (χ4n) is 1.77. The highest BCUT2D eigenvalue weighted by Gasteiger charge is 2.01. The lowest BCUT2D eigenvalue weighted by molar-refractivity contribution is -0.117. The molecule has 2 rings (SSSR count). The Bertz CT molecular complexity index is 519. The Morgan fingerprint density at radius 1 is 1.12 bits per heavy atom. The second-order valence-corrected chi connectivity index (χ2v) is 5.01. The van der Waals surface area contributed by atoms with Crippen molar-refractivity contribution in [3.63, 3.8) is 0 Å². The molecule has 0 fully saturated rings. The van der Waals surface area contributed by atoms with Gasteiger partial charge in [0.15, 0.2) is 0 Å². The Morgan fingerprint density at radius 3 is 2.71 bits per heavy atom. The van der Waals surface area contributed by atoms with E-state index in [1.54, 1.807) is 11.8 Å². The van der Waals surface area contributed by atoms with E-state index in [-0.39, 0.29) is 5.91 Å². The van der Waals surface area contributed by atoms with Crippen LogP contribution in [0.2, 0.25) is 0 Å². The van der Waals surface area contributed by atoms with Gasteiger partial charge in [-0.3, -0.25) is 4.79 Å². The second kappa shape index (κ2) is 5.73. The molecule has 0 saturated heterocycles. The summed E-state index contributed by atoms with van der Waals surface area (Å²) in [5.74, 6) is 1.49. The monoisotopic (exact) mass is 245 g/mol. The third-order valence-electron chi connectivity index (χ3n) is 2.63. The molecule has 2 aromatic carbocycles. The van der Waals surface area contributed by atoms with Crippen LogP contribution in [0, 0.1) is 0 Å². The Hall–Kier alpha value is -1.48. The summed E-state index contributed by atoms with van der Waals surface area (Å²) >= 11 is 1.75. The quantitative estimate of drug-likeness (QED) is 0.823. The van der Waals surface area contributed by atoms with Crippen LogP contribution in [0.5, 0.6) is 0 Å². The molecule has 0 spiro atoms. The van der Waals surface area contributed by atoms with Gasteiger partial charge in [0.2, 0.25) is 5.91 Å². The highest BCUT2D eigenvalue weighted by molar-refractivity contribution is 7.98. The molecule has 0 aliphatic heterocycles. The van der Waals surface area contributed by atoms with Crippen LogP contribution in [-0.2, 0) is 10.5 Å². The summed E-state index contributed by atoms with van der Waals surface area (Å²) in [5.41, 5.74) is 6.43. The maximum Gasteiger partial charge on any atom is 0.218 e. The third kappa shape index (κ3) is 3.24. The first-order chi connectivity index (χ1) is 8.27. The number of nitrogens with two attached hydrogens (primary N) is 1. The van der Waals surface area contributed by atoms with E-state index in [9.17, 15) is 4.79 Å². The summed E-state index contributed by atoms with van der Waals surface area (Å²) in [6.07, 6.45) is 0.454. The molecule has 0 saturated carbocycles. The number of rotatable bonds is 5. The van der Waals surface area contributed by atoms with E-state index in [1.807, 2.05) is 6.07 Å². The molecule has 0 aromatic heterocycles. The molecule has 1 amide bonds. The normalized spacial score (nSPS) is 10.6. The third-order valence-corrected chi connectivity index (χ3v) is 3.64. The van der Waals surface area contributed by atoms with Crippen molar-refractivity contribution >= 4 is 28.4 Å². The molecule has 0 heterocycles. The number of primary amides is 1. The van der Waals surface area contributed by atoms with Gasteiger partial charge in [-0.15, -0.1) is 0 Å². The number of hydrogen-bond acceptors (Lipinski definition) is 2. The zero-order valence-corrected chi connectivity index (χ0v) is 10.4. The van der Waals surface area contributed by atoms with E-state index < -0.39 is 0 Å². The number of fused-ring (bicyclic) bond motifs is 1. The fraction of sp³-hybridized carbons (Fsp3) is 0.214. The van der Waals surface area contributed by atoms with Crippen LogP contribution in [-0.4, -0.2) is 11.7 Å². The predicted octanol–water partition coefficient (Wildman–Crippen LogP) is 2.95. The van der Waals surface area contributed by atoms with Crippen LogP contribution in [0.3, 0.4) is 0 Å². The lowest BCUT2D eigenvalue weighted by Gasteiger charge is -2.05. The average Bonchev–Trinajstić information content (AvgIpc) is 2.34. The maximum absolute atomic E-state index is 10.6. The number of carbonyl (C=O) groups excluding carboxylic acids is 1. The smallest absolute Gasteiger partial charge is 0.218 e. The summed E-state index contributed by atoms with van der Waals surface area (Å²) < 4.78 is 0. The lowest BCUT2D eigenvalue weighted by Crippen LogP contribution is -2.10. The van der Waals surface area contributed by atoms with Crippen LogP contribution in [0.15, 0.2) is 42.5 Å². The van der Waals surface area contributed by atoms with Gasteiger partial charge < -0.3 is 5.73 Å². The van der Waals surface area contributed by atoms with E-state index in [1.165, 1.54) is 16.3 Å². The number of amides is 1. The van der Waals surface area contributed by atoms with Crippen LogP contribution in [0.25, 0.3) is 10.8 Å². The van der Waals surface area contributed by atoms with E-state index in [0.717, 1.165) is 11.5 Å². The van der Waals surface area contributed by atoms with Crippen LogP contribution in [0.1, 0.15) is 12.0 Å². The van der Waals surface area contributed by atoms with Gasteiger partial charge in [0, 0.05) is 17.9 Å². The molecule has 0 aliphatic rings. The summed E-state index contributed by atoms with van der Waals surface area (Å²) in [6, 6.07) is 14.7. The van der Waals surface area contributed by atoms with Crippen molar-refractivity contribution in [3.8, 4) is 0 Å². The van der Waals surface area contributed by atoms with Gasteiger partial charge in [-0.25, -0.2) is 0 Å². The van der Waals surface area contributed by atoms with Crippen molar-refractivity contribution in [1.82, 2.24) is 0 Å². The van der Waals surface area contributed by atoms with Crippen molar-refractivity contribution in [2.24, 2.45) is 5.73 Å². The van der Waals surface area contributed by atoms with Crippen molar-refractivity contribution in [1.29, 1.82) is 0 Å². The molecule has 3 heteroatoms. The summed E-state index contributed by atoms with van der Waals surface area (Å²) in [7, 11) is 0. The number of carbonyl (C=O) groups is 1. The molecule has 2 aromatic rings. The van der Waals surface area contributed by atoms with Gasteiger partial charge >= 0.3 is 0 Å². The molecule has 0 atom stereocenters. The minimum Gasteiger partial charge on any atom is -0.370 e. The summed E-state index contributed by atoms with van der Waals surface area (Å²) in [6.45, 7) is 0. The molecule has 0 aliphatic carbocycles. The van der Waals surface area contributed by atoms with Crippen LogP contribution < -0.4 is 5.73 Å². The molecule has 2 nitrogen and oxygen atoms in total. The van der Waals surface area contributed by atoms with Gasteiger partial charge in [-0.1, -0.05) is 42.5 Å². The molecule has 88 valence electrons. The van der Waals surface area contributed by atoms with Gasteiger partial charge in [0.1, 0.15) is 0 Å². The van der Waals surface area contributed by atoms with Crippen LogP contribution in [0.4, 0.5) is 0 Å². The average molecular weight is 245 g/mol. The molecule has 17 heavy (non-hydrogen) atoms. The second-order valence-electron chi connectivity index (χ2n) is 3.91. The minimum atomic E-state index is -0.226. The SMILES string of the molecule is NC(=O)CCSCc1cccc2ccccc12. The van der Waals surface area contributed by atoms with E-state index >= 15 is 0 Å². The molecule has 0 radical (unpaired) electrons. The topological polar surface area (TPSA) is 43.1 Å². The minimum absolute atomic E-state index is 0.226. The molecular weight excluding hydrogens is 230 g/mol. The number of hydrogen-bond donors (Lipinski definition) is 1. The molecule has 0 bridgehead atoms. The van der Waals surface area contributed by atoms with Gasteiger partial charge in [-0.05, 0) is 16.3 Å².